The van der Waals surface area contributed by atoms with Crippen LogP contribution in [0.25, 0.3) is 0 Å². The molecule has 1 heterocycles. The van der Waals surface area contributed by atoms with Gasteiger partial charge in [0.15, 0.2) is 0 Å². The van der Waals surface area contributed by atoms with Gasteiger partial charge in [0, 0.05) is 50.2 Å². The fourth-order valence-electron chi connectivity index (χ4n) is 5.25. The second kappa shape index (κ2) is 20.7. The normalized spacial score (nSPS) is 13.5. The van der Waals surface area contributed by atoms with E-state index in [0.717, 1.165) is 0 Å². The monoisotopic (exact) mass is 739 g/mol. The smallest absolute Gasteiger partial charge is 0.429 e. The molecule has 0 aliphatic carbocycles. The SMILES string of the molecule is CC(C)[C@H](NC(=O)CCCCCN1C(=O)CCC1=O)C(=O)N[C@H](CCCNC(N)=O)C(=O)Nc1ccc(COC(=O)Oc2ccc([N+](=O)[O-])cc2)cc1. The number of nitro groups is 1. The number of hydrogen-bond donors (Lipinski definition) is 5. The summed E-state index contributed by atoms with van der Waals surface area (Å²) >= 11 is 0. The Kier molecular flexibility index (Phi) is 16.1. The maximum Gasteiger partial charge on any atom is 0.514 e. The van der Waals surface area contributed by atoms with Gasteiger partial charge in [-0.1, -0.05) is 32.4 Å². The quantitative estimate of drug-likeness (QED) is 0.0329. The number of non-ortho nitro benzene ring substituents is 1. The van der Waals surface area contributed by atoms with Gasteiger partial charge in [-0.3, -0.25) is 39.0 Å². The number of benzene rings is 2. The molecule has 7 amide bonds. The van der Waals surface area contributed by atoms with Gasteiger partial charge in [0.2, 0.25) is 29.5 Å². The van der Waals surface area contributed by atoms with Crippen molar-refractivity contribution < 1.29 is 48.0 Å². The molecule has 1 saturated heterocycles. The summed E-state index contributed by atoms with van der Waals surface area (Å²) in [7, 11) is 0. The van der Waals surface area contributed by atoms with E-state index in [-0.39, 0.29) is 73.9 Å². The Labute approximate surface area is 305 Å². The van der Waals surface area contributed by atoms with Crippen LogP contribution in [0.2, 0.25) is 0 Å². The zero-order valence-electron chi connectivity index (χ0n) is 29.6. The van der Waals surface area contributed by atoms with Crippen LogP contribution in [0, 0.1) is 16.0 Å². The van der Waals surface area contributed by atoms with Crippen molar-refractivity contribution in [3.8, 4) is 5.75 Å². The highest BCUT2D eigenvalue weighted by molar-refractivity contribution is 6.02. The van der Waals surface area contributed by atoms with Crippen LogP contribution in [-0.2, 0) is 35.3 Å². The van der Waals surface area contributed by atoms with Gasteiger partial charge in [0.05, 0.1) is 4.92 Å². The first kappa shape index (κ1) is 41.4. The molecular formula is C35H45N7O11. The maximum absolute atomic E-state index is 13.4. The van der Waals surface area contributed by atoms with E-state index < -0.39 is 41.0 Å². The first-order valence-electron chi connectivity index (χ1n) is 17.2. The minimum absolute atomic E-state index is 0.0624. The molecule has 3 rings (SSSR count). The number of nitro benzene ring substituents is 1. The van der Waals surface area contributed by atoms with Gasteiger partial charge < -0.3 is 36.5 Å². The van der Waals surface area contributed by atoms with Gasteiger partial charge in [-0.05, 0) is 61.4 Å². The Balaban J connectivity index is 1.52. The van der Waals surface area contributed by atoms with E-state index in [1.54, 1.807) is 38.1 Å². The average molecular weight is 740 g/mol. The van der Waals surface area contributed by atoms with Crippen LogP contribution in [0.15, 0.2) is 48.5 Å². The molecule has 0 saturated carbocycles. The van der Waals surface area contributed by atoms with Crippen molar-refractivity contribution >= 4 is 53.1 Å². The summed E-state index contributed by atoms with van der Waals surface area (Å²) in [5, 5.41) is 21.4. The van der Waals surface area contributed by atoms with Crippen LogP contribution in [0.5, 0.6) is 5.75 Å². The lowest BCUT2D eigenvalue weighted by molar-refractivity contribution is -0.384. The molecule has 1 aliphatic rings. The largest absolute Gasteiger partial charge is 0.514 e. The Morgan fingerprint density at radius 2 is 1.55 bits per heavy atom. The van der Waals surface area contributed by atoms with Crippen LogP contribution in [0.3, 0.4) is 0 Å². The van der Waals surface area contributed by atoms with Crippen LogP contribution in [0.1, 0.15) is 70.8 Å². The lowest BCUT2D eigenvalue weighted by Gasteiger charge is -2.25. The number of anilines is 1. The Morgan fingerprint density at radius 1 is 0.887 bits per heavy atom. The standard InChI is InChI=1S/C35H45N7O11/c1-22(2)31(40-28(43)8-4-3-5-20-41-29(44)17-18-30(41)45)33(47)39-27(7-6-19-37-34(36)48)32(46)38-24-11-9-23(10-12-24)21-52-35(49)53-26-15-13-25(14-16-26)42(50)51/h9-16,22,27,31H,3-8,17-21H2,1-2H3,(H,38,46)(H,39,47)(H,40,43)(H3,36,37,48)/t27-,31+/m1/s1. The Hall–Kier alpha value is -6.07. The second-order valence-corrected chi connectivity index (χ2v) is 12.6. The number of nitrogens with one attached hydrogen (secondary N) is 4. The van der Waals surface area contributed by atoms with Crippen LogP contribution >= 0.6 is 0 Å². The van der Waals surface area contributed by atoms with Gasteiger partial charge in [-0.15, -0.1) is 0 Å². The molecule has 6 N–H and O–H groups in total. The number of carbonyl (C=O) groups excluding carboxylic acids is 7. The average Bonchev–Trinajstić information content (AvgIpc) is 3.43. The summed E-state index contributed by atoms with van der Waals surface area (Å²) < 4.78 is 10.1. The number of hydrogen-bond acceptors (Lipinski definition) is 11. The van der Waals surface area contributed by atoms with Gasteiger partial charge in [-0.25, -0.2) is 9.59 Å². The highest BCUT2D eigenvalue weighted by Gasteiger charge is 2.30. The fraction of sp³-hybridized carbons (Fsp3) is 0.457. The van der Waals surface area contributed by atoms with E-state index >= 15 is 0 Å². The number of urea groups is 1. The summed E-state index contributed by atoms with van der Waals surface area (Å²) in [4.78, 5) is 97.7. The maximum atomic E-state index is 13.4. The van der Waals surface area contributed by atoms with Crippen molar-refractivity contribution in [2.24, 2.45) is 11.7 Å². The Bertz CT molecular complexity index is 1620. The summed E-state index contributed by atoms with van der Waals surface area (Å²) in [5.74, 6) is -2.12. The second-order valence-electron chi connectivity index (χ2n) is 12.6. The van der Waals surface area contributed by atoms with Crippen molar-refractivity contribution in [3.05, 3.63) is 64.2 Å². The number of nitrogens with two attached hydrogens (primary N) is 1. The van der Waals surface area contributed by atoms with Crippen LogP contribution in [0.4, 0.5) is 21.0 Å². The number of rotatable bonds is 20. The molecule has 0 unspecified atom stereocenters. The number of unbranched alkanes of at least 4 members (excludes halogenated alkanes) is 2. The molecule has 0 aromatic heterocycles. The molecule has 2 aromatic rings. The highest BCUT2D eigenvalue weighted by atomic mass is 16.7. The molecule has 2 aromatic carbocycles. The molecule has 0 spiro atoms. The molecule has 2 atom stereocenters. The fourth-order valence-corrected chi connectivity index (χ4v) is 5.25. The first-order chi connectivity index (χ1) is 25.2. The number of nitrogens with zero attached hydrogens (tertiary/aromatic N) is 2. The minimum atomic E-state index is -1.05. The minimum Gasteiger partial charge on any atom is -0.429 e. The molecule has 18 heteroatoms. The summed E-state index contributed by atoms with van der Waals surface area (Å²) in [6.07, 6.45) is 1.64. The highest BCUT2D eigenvalue weighted by Crippen LogP contribution is 2.19. The molecule has 286 valence electrons. The van der Waals surface area contributed by atoms with E-state index in [0.29, 0.717) is 43.5 Å². The number of carbonyl (C=O) groups is 7. The molecule has 18 nitrogen and oxygen atoms in total. The van der Waals surface area contributed by atoms with Gasteiger partial charge in [-0.2, -0.15) is 0 Å². The van der Waals surface area contributed by atoms with Gasteiger partial charge in [0.1, 0.15) is 24.4 Å². The molecule has 1 fully saturated rings. The summed E-state index contributed by atoms with van der Waals surface area (Å²) in [6, 6.07) is 8.45. The van der Waals surface area contributed by atoms with E-state index in [1.807, 2.05) is 0 Å². The zero-order valence-corrected chi connectivity index (χ0v) is 29.6. The van der Waals surface area contributed by atoms with E-state index in [2.05, 4.69) is 21.3 Å². The van der Waals surface area contributed by atoms with Crippen LogP contribution < -0.4 is 31.7 Å². The van der Waals surface area contributed by atoms with Gasteiger partial charge >= 0.3 is 12.2 Å². The number of amides is 7. The summed E-state index contributed by atoms with van der Waals surface area (Å²) in [6.45, 7) is 3.80. The van der Waals surface area contributed by atoms with Crippen molar-refractivity contribution in [1.82, 2.24) is 20.9 Å². The number of ether oxygens (including phenoxy) is 2. The lowest BCUT2D eigenvalue weighted by atomic mass is 10.0. The lowest BCUT2D eigenvalue weighted by Crippen LogP contribution is -2.54. The number of likely N-dealkylation sites (tertiary alicyclic amines) is 1. The van der Waals surface area contributed by atoms with E-state index in [1.165, 1.54) is 29.2 Å². The van der Waals surface area contributed by atoms with Crippen LogP contribution in [-0.4, -0.2) is 76.7 Å². The van der Waals surface area contributed by atoms with Crippen molar-refractivity contribution in [1.29, 1.82) is 0 Å². The third kappa shape index (κ3) is 14.2. The van der Waals surface area contributed by atoms with Crippen molar-refractivity contribution in [3.63, 3.8) is 0 Å². The number of imide groups is 1. The molecule has 0 bridgehead atoms. The topological polar surface area (TPSA) is 258 Å². The third-order valence-corrected chi connectivity index (χ3v) is 8.13. The third-order valence-electron chi connectivity index (χ3n) is 8.13. The van der Waals surface area contributed by atoms with E-state index in [9.17, 15) is 43.7 Å². The zero-order chi connectivity index (χ0) is 38.9. The molecule has 1 aliphatic heterocycles. The van der Waals surface area contributed by atoms with E-state index in [4.69, 9.17) is 15.2 Å². The van der Waals surface area contributed by atoms with Crippen molar-refractivity contribution in [2.45, 2.75) is 83.9 Å². The first-order valence-corrected chi connectivity index (χ1v) is 17.2. The molecular weight excluding hydrogens is 694 g/mol. The van der Waals surface area contributed by atoms with Crippen molar-refractivity contribution in [2.75, 3.05) is 18.4 Å². The number of primary amides is 1. The predicted molar refractivity (Wildman–Crippen MR) is 189 cm³/mol. The predicted octanol–water partition coefficient (Wildman–Crippen LogP) is 3.03. The van der Waals surface area contributed by atoms with Gasteiger partial charge in [0.25, 0.3) is 5.69 Å². The Morgan fingerprint density at radius 3 is 2.15 bits per heavy atom. The molecule has 53 heavy (non-hydrogen) atoms. The summed E-state index contributed by atoms with van der Waals surface area (Å²) in [5.41, 5.74) is 5.90. The molecule has 0 radical (unpaired) electrons.